The number of carbonyl (C=O) groups excluding carboxylic acids is 1. The summed E-state index contributed by atoms with van der Waals surface area (Å²) in [6.45, 7) is 2.76. The molecule has 0 bridgehead atoms. The van der Waals surface area contributed by atoms with E-state index in [1.807, 2.05) is 19.1 Å². The number of methoxy groups -OCH3 is 1. The number of rotatable bonds is 8. The number of amides is 1. The lowest BCUT2D eigenvalue weighted by atomic mass is 10.2. The van der Waals surface area contributed by atoms with Crippen molar-refractivity contribution in [2.75, 3.05) is 31.7 Å². The molecule has 1 N–H and O–H groups in total. The van der Waals surface area contributed by atoms with Gasteiger partial charge in [-0.2, -0.15) is 0 Å². The van der Waals surface area contributed by atoms with Crippen LogP contribution in [0, 0.1) is 6.92 Å². The number of sulfonamides is 1. The van der Waals surface area contributed by atoms with E-state index >= 15 is 0 Å². The molecule has 0 aromatic heterocycles. The van der Waals surface area contributed by atoms with Crippen molar-refractivity contribution in [3.63, 3.8) is 0 Å². The molecular weight excluding hydrogens is 380 g/mol. The molecule has 0 saturated carbocycles. The Bertz CT molecular complexity index is 959. The first-order valence-corrected chi connectivity index (χ1v) is 10.6. The van der Waals surface area contributed by atoms with E-state index in [0.717, 1.165) is 17.7 Å². The lowest BCUT2D eigenvalue weighted by Crippen LogP contribution is -2.29. The summed E-state index contributed by atoms with van der Waals surface area (Å²) in [6.07, 6.45) is 1.36. The normalized spacial score (nSPS) is 14.4. The summed E-state index contributed by atoms with van der Waals surface area (Å²) in [5.41, 5.74) is 1.52. The number of carbonyl (C=O) groups is 1. The molecule has 0 aliphatic carbocycles. The third-order valence-electron chi connectivity index (χ3n) is 4.56. The number of para-hydroxylation sites is 2. The highest BCUT2D eigenvalue weighted by atomic mass is 32.2. The summed E-state index contributed by atoms with van der Waals surface area (Å²) in [7, 11) is -2.12. The van der Waals surface area contributed by atoms with Crippen LogP contribution in [-0.4, -0.2) is 41.1 Å². The lowest BCUT2D eigenvalue weighted by Gasteiger charge is -2.19. The minimum atomic E-state index is -3.67. The molecular formula is C20H24N2O5S. The quantitative estimate of drug-likeness (QED) is 0.684. The minimum Gasteiger partial charge on any atom is -0.493 e. The Hall–Kier alpha value is -2.58. The van der Waals surface area contributed by atoms with Gasteiger partial charge in [0.1, 0.15) is 6.61 Å². The fraction of sp³-hybridized carbons (Fsp3) is 0.350. The maximum Gasteiger partial charge on any atom is 0.240 e. The first kappa shape index (κ1) is 20.2. The van der Waals surface area contributed by atoms with E-state index in [2.05, 4.69) is 4.72 Å². The molecule has 28 heavy (non-hydrogen) atoms. The van der Waals surface area contributed by atoms with E-state index in [4.69, 9.17) is 9.47 Å². The van der Waals surface area contributed by atoms with Crippen molar-refractivity contribution in [2.24, 2.45) is 0 Å². The van der Waals surface area contributed by atoms with Crippen LogP contribution in [0.5, 0.6) is 11.5 Å². The molecule has 1 aliphatic heterocycles. The van der Waals surface area contributed by atoms with Gasteiger partial charge in [-0.1, -0.05) is 12.1 Å². The van der Waals surface area contributed by atoms with E-state index in [9.17, 15) is 13.2 Å². The van der Waals surface area contributed by atoms with Gasteiger partial charge < -0.3 is 14.4 Å². The number of hydrogen-bond acceptors (Lipinski definition) is 5. The van der Waals surface area contributed by atoms with Crippen LogP contribution < -0.4 is 19.1 Å². The van der Waals surface area contributed by atoms with Crippen molar-refractivity contribution in [2.45, 2.75) is 24.7 Å². The van der Waals surface area contributed by atoms with Gasteiger partial charge in [0.15, 0.2) is 11.5 Å². The molecule has 1 amide bonds. The number of hydrogen-bond donors (Lipinski definition) is 1. The lowest BCUT2D eigenvalue weighted by molar-refractivity contribution is -0.117. The third-order valence-corrected chi connectivity index (χ3v) is 6.02. The average Bonchev–Trinajstić information content (AvgIpc) is 3.11. The Morgan fingerprint density at radius 1 is 1.14 bits per heavy atom. The van der Waals surface area contributed by atoms with E-state index in [0.29, 0.717) is 24.5 Å². The largest absolute Gasteiger partial charge is 0.493 e. The highest BCUT2D eigenvalue weighted by Crippen LogP contribution is 2.27. The van der Waals surface area contributed by atoms with Gasteiger partial charge in [-0.3, -0.25) is 4.79 Å². The Morgan fingerprint density at radius 3 is 2.54 bits per heavy atom. The van der Waals surface area contributed by atoms with Crippen molar-refractivity contribution >= 4 is 21.6 Å². The van der Waals surface area contributed by atoms with Gasteiger partial charge in [-0.25, -0.2) is 13.1 Å². The second kappa shape index (κ2) is 8.62. The Balaban J connectivity index is 1.61. The van der Waals surface area contributed by atoms with E-state index in [-0.39, 0.29) is 24.0 Å². The molecule has 1 aliphatic rings. The van der Waals surface area contributed by atoms with Crippen molar-refractivity contribution in [3.8, 4) is 11.5 Å². The van der Waals surface area contributed by atoms with Crippen LogP contribution in [0.25, 0.3) is 0 Å². The van der Waals surface area contributed by atoms with Gasteiger partial charge >= 0.3 is 0 Å². The number of nitrogens with one attached hydrogen (secondary N) is 1. The summed E-state index contributed by atoms with van der Waals surface area (Å²) < 4.78 is 38.4. The van der Waals surface area contributed by atoms with Crippen LogP contribution in [0.1, 0.15) is 18.4 Å². The van der Waals surface area contributed by atoms with Gasteiger partial charge in [0.2, 0.25) is 15.9 Å². The first-order chi connectivity index (χ1) is 13.4. The highest BCUT2D eigenvalue weighted by Gasteiger charge is 2.24. The summed E-state index contributed by atoms with van der Waals surface area (Å²) in [5.74, 6) is 1.22. The van der Waals surface area contributed by atoms with Crippen molar-refractivity contribution < 1.29 is 22.7 Å². The SMILES string of the molecule is COc1ccccc1OCCNS(=O)(=O)c1ccc(N2CCCC2=O)c(C)c1. The Kier molecular flexibility index (Phi) is 6.21. The van der Waals surface area contributed by atoms with Gasteiger partial charge in [0, 0.05) is 25.2 Å². The number of anilines is 1. The predicted molar refractivity (Wildman–Crippen MR) is 106 cm³/mol. The predicted octanol–water partition coefficient (Wildman–Crippen LogP) is 2.49. The molecule has 1 saturated heterocycles. The smallest absolute Gasteiger partial charge is 0.240 e. The van der Waals surface area contributed by atoms with Crippen molar-refractivity contribution in [1.29, 1.82) is 0 Å². The fourth-order valence-corrected chi connectivity index (χ4v) is 4.26. The first-order valence-electron chi connectivity index (χ1n) is 9.09. The number of nitrogens with zero attached hydrogens (tertiary/aromatic N) is 1. The molecule has 150 valence electrons. The average molecular weight is 404 g/mol. The van der Waals surface area contributed by atoms with E-state index in [1.165, 1.54) is 6.07 Å². The molecule has 0 spiro atoms. The Labute approximate surface area is 165 Å². The van der Waals surface area contributed by atoms with Crippen molar-refractivity contribution in [1.82, 2.24) is 4.72 Å². The monoisotopic (exact) mass is 404 g/mol. The zero-order valence-corrected chi connectivity index (χ0v) is 16.8. The molecule has 7 nitrogen and oxygen atoms in total. The molecule has 0 radical (unpaired) electrons. The van der Waals surface area contributed by atoms with E-state index in [1.54, 1.807) is 36.3 Å². The zero-order valence-electron chi connectivity index (χ0n) is 16.0. The molecule has 0 atom stereocenters. The number of aryl methyl sites for hydroxylation is 1. The minimum absolute atomic E-state index is 0.0744. The van der Waals surface area contributed by atoms with Crippen molar-refractivity contribution in [3.05, 3.63) is 48.0 Å². The van der Waals surface area contributed by atoms with Crippen LogP contribution in [0.15, 0.2) is 47.4 Å². The van der Waals surface area contributed by atoms with Crippen LogP contribution >= 0.6 is 0 Å². The number of benzene rings is 2. The molecule has 2 aromatic carbocycles. The van der Waals surface area contributed by atoms with Crippen LogP contribution in [0.4, 0.5) is 5.69 Å². The summed E-state index contributed by atoms with van der Waals surface area (Å²) in [6, 6.07) is 12.0. The summed E-state index contributed by atoms with van der Waals surface area (Å²) in [4.78, 5) is 13.8. The second-order valence-corrected chi connectivity index (χ2v) is 8.26. The van der Waals surface area contributed by atoms with E-state index < -0.39 is 10.0 Å². The molecule has 8 heteroatoms. The fourth-order valence-electron chi connectivity index (χ4n) is 3.16. The molecule has 3 rings (SSSR count). The number of ether oxygens (including phenoxy) is 2. The van der Waals surface area contributed by atoms with Gasteiger partial charge in [-0.15, -0.1) is 0 Å². The van der Waals surface area contributed by atoms with Crippen LogP contribution in [0.3, 0.4) is 0 Å². The molecule has 1 fully saturated rings. The third kappa shape index (κ3) is 4.45. The molecule has 2 aromatic rings. The topological polar surface area (TPSA) is 84.9 Å². The molecule has 0 unspecified atom stereocenters. The van der Waals surface area contributed by atoms with Crippen LogP contribution in [-0.2, 0) is 14.8 Å². The Morgan fingerprint density at radius 2 is 1.89 bits per heavy atom. The molecule has 1 heterocycles. The zero-order chi connectivity index (χ0) is 20.1. The van der Waals surface area contributed by atoms with Crippen LogP contribution in [0.2, 0.25) is 0 Å². The maximum absolute atomic E-state index is 12.5. The summed E-state index contributed by atoms with van der Waals surface area (Å²) >= 11 is 0. The summed E-state index contributed by atoms with van der Waals surface area (Å²) in [5, 5.41) is 0. The van der Waals surface area contributed by atoms with Gasteiger partial charge in [0.25, 0.3) is 0 Å². The van der Waals surface area contributed by atoms with Gasteiger partial charge in [-0.05, 0) is 49.2 Å². The maximum atomic E-state index is 12.5. The standard InChI is InChI=1S/C20H24N2O5S/c1-15-14-16(9-10-17(15)22-12-5-8-20(22)23)28(24,25)21-11-13-27-19-7-4-3-6-18(19)26-2/h3-4,6-7,9-10,14,21H,5,8,11-13H2,1-2H3. The highest BCUT2D eigenvalue weighted by molar-refractivity contribution is 7.89. The second-order valence-electron chi connectivity index (χ2n) is 6.49. The van der Waals surface area contributed by atoms with Gasteiger partial charge in [0.05, 0.1) is 12.0 Å².